The number of benzene rings is 2. The molecule has 0 unspecified atom stereocenters. The van der Waals surface area contributed by atoms with Gasteiger partial charge in [-0.25, -0.2) is 0 Å². The van der Waals surface area contributed by atoms with Crippen LogP contribution in [0.25, 0.3) is 0 Å². The molecule has 0 saturated heterocycles. The minimum atomic E-state index is -0.535. The zero-order valence-corrected chi connectivity index (χ0v) is 13.9. The molecule has 2 atom stereocenters. The molecule has 1 saturated carbocycles. The SMILES string of the molecule is NC[C@@H]1C[C@@]1(C(=O)N1CCc2ccccc21)c1ccc2c(c1)OCO2. The average molecular weight is 336 g/mol. The van der Waals surface area contributed by atoms with Gasteiger partial charge in [0.15, 0.2) is 11.5 Å². The van der Waals surface area contributed by atoms with Crippen molar-refractivity contribution < 1.29 is 14.3 Å². The van der Waals surface area contributed by atoms with Gasteiger partial charge in [0.1, 0.15) is 0 Å². The molecule has 0 spiro atoms. The van der Waals surface area contributed by atoms with Crippen molar-refractivity contribution in [2.45, 2.75) is 18.3 Å². The Hall–Kier alpha value is -2.53. The first-order valence-electron chi connectivity index (χ1n) is 8.74. The Morgan fingerprint density at radius 3 is 2.88 bits per heavy atom. The van der Waals surface area contributed by atoms with E-state index in [1.807, 2.05) is 41.3 Å². The van der Waals surface area contributed by atoms with Crippen LogP contribution in [-0.4, -0.2) is 25.8 Å². The van der Waals surface area contributed by atoms with Gasteiger partial charge in [0.2, 0.25) is 12.7 Å². The average Bonchev–Trinajstić information content (AvgIpc) is 3.00. The predicted molar refractivity (Wildman–Crippen MR) is 93.9 cm³/mol. The van der Waals surface area contributed by atoms with Gasteiger partial charge in [-0.05, 0) is 54.6 Å². The molecule has 1 aliphatic carbocycles. The van der Waals surface area contributed by atoms with E-state index in [-0.39, 0.29) is 18.6 Å². The van der Waals surface area contributed by atoms with E-state index in [4.69, 9.17) is 15.2 Å². The lowest BCUT2D eigenvalue weighted by Crippen LogP contribution is -2.40. The molecule has 25 heavy (non-hydrogen) atoms. The second kappa shape index (κ2) is 5.23. The fraction of sp³-hybridized carbons (Fsp3) is 0.350. The minimum Gasteiger partial charge on any atom is -0.454 e. The van der Waals surface area contributed by atoms with Gasteiger partial charge in [-0.2, -0.15) is 0 Å². The van der Waals surface area contributed by atoms with Crippen LogP contribution in [0.4, 0.5) is 5.69 Å². The van der Waals surface area contributed by atoms with Crippen molar-refractivity contribution in [2.24, 2.45) is 11.7 Å². The molecule has 3 aliphatic rings. The van der Waals surface area contributed by atoms with Crippen LogP contribution in [0.1, 0.15) is 17.5 Å². The number of nitrogens with zero attached hydrogens (tertiary/aromatic N) is 1. The molecule has 2 aromatic rings. The summed E-state index contributed by atoms with van der Waals surface area (Å²) in [7, 11) is 0. The topological polar surface area (TPSA) is 64.8 Å². The molecule has 1 fully saturated rings. The van der Waals surface area contributed by atoms with Gasteiger partial charge in [-0.3, -0.25) is 4.79 Å². The number of hydrogen-bond donors (Lipinski definition) is 1. The van der Waals surface area contributed by atoms with E-state index >= 15 is 0 Å². The van der Waals surface area contributed by atoms with E-state index in [0.717, 1.165) is 36.4 Å². The smallest absolute Gasteiger partial charge is 0.238 e. The third kappa shape index (κ3) is 2.02. The third-order valence-electron chi connectivity index (χ3n) is 5.79. The number of carbonyl (C=O) groups excluding carboxylic acids is 1. The Labute approximate surface area is 146 Å². The largest absolute Gasteiger partial charge is 0.454 e. The lowest BCUT2D eigenvalue weighted by molar-refractivity contribution is -0.121. The Morgan fingerprint density at radius 2 is 2.04 bits per heavy atom. The minimum absolute atomic E-state index is 0.159. The summed E-state index contributed by atoms with van der Waals surface area (Å²) in [5.74, 6) is 1.79. The van der Waals surface area contributed by atoms with Crippen molar-refractivity contribution in [3.63, 3.8) is 0 Å². The van der Waals surface area contributed by atoms with Gasteiger partial charge in [0, 0.05) is 12.2 Å². The van der Waals surface area contributed by atoms with Gasteiger partial charge in [-0.1, -0.05) is 24.3 Å². The summed E-state index contributed by atoms with van der Waals surface area (Å²) in [6.07, 6.45) is 1.70. The summed E-state index contributed by atoms with van der Waals surface area (Å²) in [6.45, 7) is 1.48. The van der Waals surface area contributed by atoms with Crippen LogP contribution in [0, 0.1) is 5.92 Å². The lowest BCUT2D eigenvalue weighted by Gasteiger charge is -2.25. The summed E-state index contributed by atoms with van der Waals surface area (Å²) in [5.41, 5.74) is 8.69. The highest BCUT2D eigenvalue weighted by Crippen LogP contribution is 2.57. The molecule has 2 N–H and O–H groups in total. The molecule has 5 rings (SSSR count). The highest BCUT2D eigenvalue weighted by atomic mass is 16.7. The van der Waals surface area contributed by atoms with Gasteiger partial charge in [0.05, 0.1) is 5.41 Å². The number of rotatable bonds is 3. The fourth-order valence-electron chi connectivity index (χ4n) is 4.32. The second-order valence-corrected chi connectivity index (χ2v) is 7.01. The van der Waals surface area contributed by atoms with Crippen molar-refractivity contribution in [1.82, 2.24) is 0 Å². The number of amides is 1. The monoisotopic (exact) mass is 336 g/mol. The van der Waals surface area contributed by atoms with Gasteiger partial charge < -0.3 is 20.1 Å². The van der Waals surface area contributed by atoms with E-state index in [2.05, 4.69) is 6.07 Å². The number of nitrogens with two attached hydrogens (primary N) is 1. The summed E-state index contributed by atoms with van der Waals surface area (Å²) in [5, 5.41) is 0. The number of carbonyl (C=O) groups is 1. The van der Waals surface area contributed by atoms with Crippen molar-refractivity contribution in [1.29, 1.82) is 0 Å². The maximum absolute atomic E-state index is 13.6. The first kappa shape index (κ1) is 14.8. The van der Waals surface area contributed by atoms with Crippen molar-refractivity contribution >= 4 is 11.6 Å². The zero-order chi connectivity index (χ0) is 17.0. The quantitative estimate of drug-likeness (QED) is 0.933. The second-order valence-electron chi connectivity index (χ2n) is 7.01. The first-order chi connectivity index (χ1) is 12.2. The summed E-state index contributed by atoms with van der Waals surface area (Å²) >= 11 is 0. The highest BCUT2D eigenvalue weighted by Gasteiger charge is 2.62. The van der Waals surface area contributed by atoms with Crippen LogP contribution < -0.4 is 20.1 Å². The van der Waals surface area contributed by atoms with Gasteiger partial charge >= 0.3 is 0 Å². The van der Waals surface area contributed by atoms with Crippen molar-refractivity contribution in [3.8, 4) is 11.5 Å². The highest BCUT2D eigenvalue weighted by molar-refractivity contribution is 6.05. The van der Waals surface area contributed by atoms with Crippen LogP contribution in [-0.2, 0) is 16.6 Å². The molecule has 2 aromatic carbocycles. The maximum Gasteiger partial charge on any atom is 0.238 e. The van der Waals surface area contributed by atoms with Crippen LogP contribution in [0.5, 0.6) is 11.5 Å². The molecule has 5 heteroatoms. The normalized spacial score (nSPS) is 25.8. The molecular formula is C20H20N2O3. The van der Waals surface area contributed by atoms with Gasteiger partial charge in [0.25, 0.3) is 0 Å². The fourth-order valence-corrected chi connectivity index (χ4v) is 4.32. The van der Waals surface area contributed by atoms with Gasteiger partial charge in [-0.15, -0.1) is 0 Å². The molecule has 128 valence electrons. The van der Waals surface area contributed by atoms with Crippen LogP contribution >= 0.6 is 0 Å². The summed E-state index contributed by atoms with van der Waals surface area (Å²) in [4.78, 5) is 15.5. The lowest BCUT2D eigenvalue weighted by atomic mass is 9.91. The Kier molecular flexibility index (Phi) is 3.09. The molecule has 2 aliphatic heterocycles. The predicted octanol–water partition coefficient (Wildman–Crippen LogP) is 2.22. The number of anilines is 1. The number of ether oxygens (including phenoxy) is 2. The third-order valence-corrected chi connectivity index (χ3v) is 5.79. The van der Waals surface area contributed by atoms with E-state index in [9.17, 15) is 4.79 Å². The molecule has 2 heterocycles. The molecular weight excluding hydrogens is 316 g/mol. The van der Waals surface area contributed by atoms with Crippen LogP contribution in [0.2, 0.25) is 0 Å². The standard InChI is InChI=1S/C20H20N2O3/c21-11-15-10-20(15,14-5-6-17-18(9-14)25-12-24-17)19(23)22-8-7-13-3-1-2-4-16(13)22/h1-6,9,15H,7-8,10-12,21H2/t15-,20+/m0/s1. The van der Waals surface area contributed by atoms with E-state index in [1.165, 1.54) is 5.56 Å². The summed E-state index contributed by atoms with van der Waals surface area (Å²) < 4.78 is 10.9. The van der Waals surface area contributed by atoms with E-state index in [1.54, 1.807) is 0 Å². The van der Waals surface area contributed by atoms with E-state index < -0.39 is 5.41 Å². The number of hydrogen-bond acceptors (Lipinski definition) is 4. The number of para-hydroxylation sites is 1. The van der Waals surface area contributed by atoms with Crippen LogP contribution in [0.15, 0.2) is 42.5 Å². The molecule has 0 aromatic heterocycles. The van der Waals surface area contributed by atoms with Crippen molar-refractivity contribution in [3.05, 3.63) is 53.6 Å². The first-order valence-corrected chi connectivity index (χ1v) is 8.74. The zero-order valence-electron chi connectivity index (χ0n) is 13.9. The Bertz CT molecular complexity index is 866. The molecule has 0 bridgehead atoms. The maximum atomic E-state index is 13.6. The summed E-state index contributed by atoms with van der Waals surface area (Å²) in [6, 6.07) is 14.0. The van der Waals surface area contributed by atoms with Crippen molar-refractivity contribution in [2.75, 3.05) is 24.8 Å². The van der Waals surface area contributed by atoms with Crippen LogP contribution in [0.3, 0.4) is 0 Å². The Morgan fingerprint density at radius 1 is 1.20 bits per heavy atom. The van der Waals surface area contributed by atoms with E-state index in [0.29, 0.717) is 12.3 Å². The molecule has 5 nitrogen and oxygen atoms in total. The molecule has 0 radical (unpaired) electrons. The number of fused-ring (bicyclic) bond motifs is 2. The Balaban J connectivity index is 1.54. The molecule has 1 amide bonds.